The Bertz CT molecular complexity index is 554. The largest absolute Gasteiger partial charge is 0.493 e. The summed E-state index contributed by atoms with van der Waals surface area (Å²) >= 11 is 0. The van der Waals surface area contributed by atoms with Gasteiger partial charge in [-0.05, 0) is 62.6 Å². The van der Waals surface area contributed by atoms with Crippen LogP contribution >= 0.6 is 0 Å². The highest BCUT2D eigenvalue weighted by molar-refractivity contribution is 5.81. The van der Waals surface area contributed by atoms with E-state index in [9.17, 15) is 4.79 Å². The first-order chi connectivity index (χ1) is 11.2. The Labute approximate surface area is 138 Å². The fourth-order valence-electron chi connectivity index (χ4n) is 3.53. The highest BCUT2D eigenvalue weighted by Crippen LogP contribution is 2.34. The van der Waals surface area contributed by atoms with Crippen LogP contribution in [0.4, 0.5) is 0 Å². The zero-order chi connectivity index (χ0) is 16.2. The van der Waals surface area contributed by atoms with Crippen molar-refractivity contribution in [2.45, 2.75) is 51.0 Å². The summed E-state index contributed by atoms with van der Waals surface area (Å²) in [5, 5.41) is 0. The molecule has 1 saturated heterocycles. The molecule has 2 aliphatic rings. The van der Waals surface area contributed by atoms with Gasteiger partial charge in [0.25, 0.3) is 0 Å². The van der Waals surface area contributed by atoms with Crippen molar-refractivity contribution >= 4 is 5.91 Å². The van der Waals surface area contributed by atoms with E-state index in [4.69, 9.17) is 9.47 Å². The molecule has 0 N–H and O–H groups in total. The lowest BCUT2D eigenvalue weighted by Gasteiger charge is -2.36. The van der Waals surface area contributed by atoms with Crippen molar-refractivity contribution in [3.63, 3.8) is 0 Å². The molecule has 0 spiro atoms. The number of likely N-dealkylation sites (tertiary alicyclic amines) is 1. The van der Waals surface area contributed by atoms with E-state index in [2.05, 4.69) is 17.0 Å². The molecular formula is C19H27NO3. The maximum absolute atomic E-state index is 12.5. The third kappa shape index (κ3) is 3.80. The topological polar surface area (TPSA) is 38.8 Å². The lowest BCUT2D eigenvalue weighted by molar-refractivity contribution is -0.136. The highest BCUT2D eigenvalue weighted by atomic mass is 16.5. The summed E-state index contributed by atoms with van der Waals surface area (Å²) in [5.74, 6) is 2.28. The number of nitrogens with zero attached hydrogens (tertiary/aromatic N) is 1. The van der Waals surface area contributed by atoms with Crippen molar-refractivity contribution in [3.8, 4) is 11.5 Å². The van der Waals surface area contributed by atoms with E-state index in [1.165, 1.54) is 12.0 Å². The third-order valence-electron chi connectivity index (χ3n) is 5.05. The molecule has 2 fully saturated rings. The Kier molecular flexibility index (Phi) is 5.09. The van der Waals surface area contributed by atoms with Crippen LogP contribution in [0.3, 0.4) is 0 Å². The Balaban J connectivity index is 1.62. The molecule has 1 amide bonds. The molecule has 1 aromatic carbocycles. The molecule has 4 nitrogen and oxygen atoms in total. The molecule has 126 valence electrons. The second kappa shape index (κ2) is 7.24. The van der Waals surface area contributed by atoms with Gasteiger partial charge in [0.15, 0.2) is 11.5 Å². The van der Waals surface area contributed by atoms with Gasteiger partial charge in [-0.25, -0.2) is 0 Å². The lowest BCUT2D eigenvalue weighted by atomic mass is 9.95. The van der Waals surface area contributed by atoms with Gasteiger partial charge in [-0.2, -0.15) is 0 Å². The van der Waals surface area contributed by atoms with E-state index in [0.717, 1.165) is 56.6 Å². The summed E-state index contributed by atoms with van der Waals surface area (Å²) in [6, 6.07) is 6.51. The molecule has 23 heavy (non-hydrogen) atoms. The van der Waals surface area contributed by atoms with Gasteiger partial charge in [0.1, 0.15) is 0 Å². The Morgan fingerprint density at radius 2 is 1.91 bits per heavy atom. The maximum Gasteiger partial charge on any atom is 0.225 e. The van der Waals surface area contributed by atoms with Gasteiger partial charge in [0.2, 0.25) is 5.91 Å². The number of benzene rings is 1. The predicted molar refractivity (Wildman–Crippen MR) is 89.9 cm³/mol. The zero-order valence-electron chi connectivity index (χ0n) is 14.2. The van der Waals surface area contributed by atoms with Crippen LogP contribution in [0.25, 0.3) is 0 Å². The van der Waals surface area contributed by atoms with Crippen LogP contribution in [0.5, 0.6) is 11.5 Å². The van der Waals surface area contributed by atoms with E-state index in [0.29, 0.717) is 17.9 Å². The lowest BCUT2D eigenvalue weighted by Crippen LogP contribution is -2.44. The second-order valence-corrected chi connectivity index (χ2v) is 6.68. The van der Waals surface area contributed by atoms with E-state index in [1.54, 1.807) is 14.2 Å². The Morgan fingerprint density at radius 3 is 2.61 bits per heavy atom. The number of hydrogen-bond acceptors (Lipinski definition) is 3. The van der Waals surface area contributed by atoms with Crippen LogP contribution in [0, 0.1) is 5.92 Å². The normalized spacial score (nSPS) is 21.1. The summed E-state index contributed by atoms with van der Waals surface area (Å²) in [7, 11) is 3.32. The van der Waals surface area contributed by atoms with Gasteiger partial charge in [-0.15, -0.1) is 0 Å². The second-order valence-electron chi connectivity index (χ2n) is 6.68. The van der Waals surface area contributed by atoms with Gasteiger partial charge < -0.3 is 14.4 Å². The van der Waals surface area contributed by atoms with Crippen LogP contribution in [-0.2, 0) is 11.2 Å². The molecule has 0 radical (unpaired) electrons. The van der Waals surface area contributed by atoms with Crippen LogP contribution in [0.1, 0.15) is 44.1 Å². The molecule has 1 heterocycles. The number of carbonyl (C=O) groups excluding carboxylic acids is 1. The van der Waals surface area contributed by atoms with Crippen molar-refractivity contribution in [3.05, 3.63) is 23.8 Å². The van der Waals surface area contributed by atoms with Crippen molar-refractivity contribution in [2.24, 2.45) is 5.92 Å². The predicted octanol–water partition coefficient (Wildman–Crippen LogP) is 3.43. The van der Waals surface area contributed by atoms with Crippen molar-refractivity contribution in [1.29, 1.82) is 0 Å². The SMILES string of the molecule is COc1ccc(CCC2CCCCN2C(=O)C2CC2)cc1OC. The number of amides is 1. The average Bonchev–Trinajstić information content (AvgIpc) is 3.44. The first kappa shape index (κ1) is 16.2. The van der Waals surface area contributed by atoms with Crippen LogP contribution in [0.2, 0.25) is 0 Å². The summed E-state index contributed by atoms with van der Waals surface area (Å²) in [6.07, 6.45) is 7.74. The fraction of sp³-hybridized carbons (Fsp3) is 0.632. The number of ether oxygens (including phenoxy) is 2. The number of hydrogen-bond donors (Lipinski definition) is 0. The average molecular weight is 317 g/mol. The zero-order valence-corrected chi connectivity index (χ0v) is 14.2. The van der Waals surface area contributed by atoms with Gasteiger partial charge >= 0.3 is 0 Å². The van der Waals surface area contributed by atoms with Gasteiger partial charge in [0.05, 0.1) is 14.2 Å². The van der Waals surface area contributed by atoms with E-state index < -0.39 is 0 Å². The molecule has 1 unspecified atom stereocenters. The van der Waals surface area contributed by atoms with Crippen molar-refractivity contribution < 1.29 is 14.3 Å². The molecule has 1 aromatic rings. The fourth-order valence-corrected chi connectivity index (χ4v) is 3.53. The summed E-state index contributed by atoms with van der Waals surface area (Å²) in [6.45, 7) is 0.950. The van der Waals surface area contributed by atoms with E-state index in [1.807, 2.05) is 6.07 Å². The monoisotopic (exact) mass is 317 g/mol. The number of piperidine rings is 1. The Morgan fingerprint density at radius 1 is 1.13 bits per heavy atom. The molecule has 1 aliphatic heterocycles. The van der Waals surface area contributed by atoms with Crippen molar-refractivity contribution in [1.82, 2.24) is 4.90 Å². The van der Waals surface area contributed by atoms with Crippen LogP contribution in [-0.4, -0.2) is 37.6 Å². The number of rotatable bonds is 6. The molecule has 1 atom stereocenters. The molecular weight excluding hydrogens is 290 g/mol. The first-order valence-electron chi connectivity index (χ1n) is 8.74. The summed E-state index contributed by atoms with van der Waals surface area (Å²) < 4.78 is 10.7. The van der Waals surface area contributed by atoms with E-state index in [-0.39, 0.29) is 0 Å². The minimum Gasteiger partial charge on any atom is -0.493 e. The highest BCUT2D eigenvalue weighted by Gasteiger charge is 2.36. The smallest absolute Gasteiger partial charge is 0.225 e. The van der Waals surface area contributed by atoms with E-state index >= 15 is 0 Å². The molecule has 4 heteroatoms. The van der Waals surface area contributed by atoms with Gasteiger partial charge in [-0.1, -0.05) is 6.07 Å². The van der Waals surface area contributed by atoms with Crippen molar-refractivity contribution in [2.75, 3.05) is 20.8 Å². The Hall–Kier alpha value is -1.71. The number of aryl methyl sites for hydroxylation is 1. The number of methoxy groups -OCH3 is 2. The summed E-state index contributed by atoms with van der Waals surface area (Å²) in [5.41, 5.74) is 1.24. The molecule has 1 aliphatic carbocycles. The molecule has 1 saturated carbocycles. The maximum atomic E-state index is 12.5. The minimum atomic E-state index is 0.330. The summed E-state index contributed by atoms with van der Waals surface area (Å²) in [4.78, 5) is 14.6. The minimum absolute atomic E-state index is 0.330. The van der Waals surface area contributed by atoms with Crippen LogP contribution in [0.15, 0.2) is 18.2 Å². The standard InChI is InChI=1S/C19H27NO3/c1-22-17-11-7-14(13-18(17)23-2)6-10-16-5-3-4-12-20(16)19(21)15-8-9-15/h7,11,13,15-16H,3-6,8-10,12H2,1-2H3. The van der Waals surface area contributed by atoms with Crippen LogP contribution < -0.4 is 9.47 Å². The van der Waals surface area contributed by atoms with Gasteiger partial charge in [0, 0.05) is 18.5 Å². The van der Waals surface area contributed by atoms with Gasteiger partial charge in [-0.3, -0.25) is 4.79 Å². The molecule has 0 bridgehead atoms. The third-order valence-corrected chi connectivity index (χ3v) is 5.05. The molecule has 0 aromatic heterocycles. The first-order valence-corrected chi connectivity index (χ1v) is 8.74. The number of carbonyl (C=O) groups is 1. The molecule has 3 rings (SSSR count). The quantitative estimate of drug-likeness (QED) is 0.807.